The number of phenolic OH excluding ortho intramolecular Hbond substituents is 1. The summed E-state index contributed by atoms with van der Waals surface area (Å²) in [6, 6.07) is 9.97. The van der Waals surface area contributed by atoms with Gasteiger partial charge in [-0.3, -0.25) is 14.4 Å². The SMILES string of the molecule is CC(NC(=O)C(N)C(C)O)C(=O)NC(Cc1ccccc1)C(=O)NC(Cc1ccc(O)cc1)C(=O)O. The molecule has 36 heavy (non-hydrogen) atoms. The summed E-state index contributed by atoms with van der Waals surface area (Å²) < 4.78 is 0. The maximum atomic E-state index is 13.1. The van der Waals surface area contributed by atoms with Crippen molar-refractivity contribution in [2.45, 2.75) is 57.0 Å². The highest BCUT2D eigenvalue weighted by Crippen LogP contribution is 2.12. The van der Waals surface area contributed by atoms with Crippen LogP contribution in [-0.2, 0) is 32.0 Å². The van der Waals surface area contributed by atoms with Gasteiger partial charge in [-0.1, -0.05) is 42.5 Å². The molecule has 194 valence electrons. The van der Waals surface area contributed by atoms with Crippen LogP contribution in [0.5, 0.6) is 5.75 Å². The number of aromatic hydroxyl groups is 1. The lowest BCUT2D eigenvalue weighted by atomic mass is 10.0. The van der Waals surface area contributed by atoms with Crippen molar-refractivity contribution in [1.29, 1.82) is 0 Å². The molecular weight excluding hydrogens is 468 g/mol. The summed E-state index contributed by atoms with van der Waals surface area (Å²) in [6.45, 7) is 2.73. The molecule has 2 aromatic rings. The summed E-state index contributed by atoms with van der Waals surface area (Å²) in [7, 11) is 0. The number of phenols is 1. The molecule has 5 unspecified atom stereocenters. The molecule has 11 nitrogen and oxygen atoms in total. The highest BCUT2D eigenvalue weighted by Gasteiger charge is 2.29. The van der Waals surface area contributed by atoms with E-state index in [9.17, 15) is 34.5 Å². The minimum atomic E-state index is -1.29. The lowest BCUT2D eigenvalue weighted by Crippen LogP contribution is -2.58. The standard InChI is InChI=1S/C25H32N4O7/c1-14(27-24(34)21(26)15(2)30)22(32)28-19(12-16-6-4-3-5-7-16)23(33)29-20(25(35)36)13-17-8-10-18(31)11-9-17/h3-11,14-15,19-21,30-31H,12-13,26H2,1-2H3,(H,27,34)(H,28,32)(H,29,33)(H,35,36). The molecule has 8 N–H and O–H groups in total. The summed E-state index contributed by atoms with van der Waals surface area (Å²) in [4.78, 5) is 49.8. The van der Waals surface area contributed by atoms with Gasteiger partial charge in [0.1, 0.15) is 29.9 Å². The lowest BCUT2D eigenvalue weighted by Gasteiger charge is -2.24. The highest BCUT2D eigenvalue weighted by molar-refractivity contribution is 5.94. The van der Waals surface area contributed by atoms with Crippen LogP contribution in [0.1, 0.15) is 25.0 Å². The van der Waals surface area contributed by atoms with Crippen molar-refractivity contribution in [3.63, 3.8) is 0 Å². The van der Waals surface area contributed by atoms with Crippen molar-refractivity contribution in [3.05, 3.63) is 65.7 Å². The first-order valence-corrected chi connectivity index (χ1v) is 11.4. The van der Waals surface area contributed by atoms with Crippen molar-refractivity contribution in [2.24, 2.45) is 5.73 Å². The van der Waals surface area contributed by atoms with Crippen LogP contribution in [-0.4, -0.2) is 69.3 Å². The molecule has 0 heterocycles. The van der Waals surface area contributed by atoms with Crippen LogP contribution in [0.2, 0.25) is 0 Å². The van der Waals surface area contributed by atoms with Gasteiger partial charge in [-0.25, -0.2) is 4.79 Å². The van der Waals surface area contributed by atoms with Gasteiger partial charge < -0.3 is 37.0 Å². The van der Waals surface area contributed by atoms with E-state index >= 15 is 0 Å². The average molecular weight is 501 g/mol. The van der Waals surface area contributed by atoms with Crippen molar-refractivity contribution in [1.82, 2.24) is 16.0 Å². The second-order valence-electron chi connectivity index (χ2n) is 8.52. The lowest BCUT2D eigenvalue weighted by molar-refractivity contribution is -0.142. The van der Waals surface area contributed by atoms with Crippen LogP contribution in [0.15, 0.2) is 54.6 Å². The topological polar surface area (TPSA) is 191 Å². The van der Waals surface area contributed by atoms with E-state index in [1.807, 2.05) is 0 Å². The van der Waals surface area contributed by atoms with Gasteiger partial charge in [0.05, 0.1) is 6.10 Å². The number of aliphatic hydroxyl groups is 1. The Morgan fingerprint density at radius 3 is 1.86 bits per heavy atom. The van der Waals surface area contributed by atoms with E-state index in [4.69, 9.17) is 5.73 Å². The van der Waals surface area contributed by atoms with Crippen molar-refractivity contribution < 1.29 is 34.5 Å². The molecular formula is C25H32N4O7. The van der Waals surface area contributed by atoms with Crippen LogP contribution < -0.4 is 21.7 Å². The molecule has 0 aromatic heterocycles. The number of rotatable bonds is 12. The zero-order chi connectivity index (χ0) is 26.8. The number of amides is 3. The molecule has 5 atom stereocenters. The zero-order valence-corrected chi connectivity index (χ0v) is 20.0. The normalized spacial score (nSPS) is 15.0. The minimum Gasteiger partial charge on any atom is -0.508 e. The second kappa shape index (κ2) is 13.2. The van der Waals surface area contributed by atoms with E-state index in [0.29, 0.717) is 5.56 Å². The van der Waals surface area contributed by atoms with Crippen LogP contribution in [0.3, 0.4) is 0 Å². The van der Waals surface area contributed by atoms with Crippen molar-refractivity contribution >= 4 is 23.7 Å². The molecule has 11 heteroatoms. The van der Waals surface area contributed by atoms with Crippen LogP contribution in [0, 0.1) is 0 Å². The number of carbonyl (C=O) groups excluding carboxylic acids is 3. The average Bonchev–Trinajstić information content (AvgIpc) is 2.84. The molecule has 2 aromatic carbocycles. The fourth-order valence-electron chi connectivity index (χ4n) is 3.29. The minimum absolute atomic E-state index is 0.0240. The Bertz CT molecular complexity index is 1040. The van der Waals surface area contributed by atoms with E-state index in [1.165, 1.54) is 26.0 Å². The number of aliphatic carboxylic acids is 1. The molecule has 0 radical (unpaired) electrons. The van der Waals surface area contributed by atoms with Crippen LogP contribution in [0.4, 0.5) is 0 Å². The van der Waals surface area contributed by atoms with Gasteiger partial charge >= 0.3 is 5.97 Å². The summed E-state index contributed by atoms with van der Waals surface area (Å²) in [5.41, 5.74) is 6.88. The van der Waals surface area contributed by atoms with Gasteiger partial charge in [0.25, 0.3) is 0 Å². The molecule has 0 bridgehead atoms. The van der Waals surface area contributed by atoms with Crippen LogP contribution in [0.25, 0.3) is 0 Å². The number of nitrogens with two attached hydrogens (primary N) is 1. The highest BCUT2D eigenvalue weighted by atomic mass is 16.4. The number of carboxylic acids is 1. The molecule has 0 fully saturated rings. The third kappa shape index (κ3) is 8.67. The van der Waals surface area contributed by atoms with Crippen LogP contribution >= 0.6 is 0 Å². The third-order valence-electron chi connectivity index (χ3n) is 5.48. The molecule has 0 aliphatic rings. The number of hydrogen-bond donors (Lipinski definition) is 7. The number of hydrogen-bond acceptors (Lipinski definition) is 7. The number of carbonyl (C=O) groups is 4. The molecule has 0 saturated heterocycles. The molecule has 0 saturated carbocycles. The first-order chi connectivity index (χ1) is 17.0. The Morgan fingerprint density at radius 2 is 1.31 bits per heavy atom. The molecule has 0 spiro atoms. The number of carboxylic acid groups (broad SMARTS) is 1. The number of nitrogens with one attached hydrogen (secondary N) is 3. The molecule has 0 aliphatic carbocycles. The first-order valence-electron chi connectivity index (χ1n) is 11.4. The number of aliphatic hydroxyl groups excluding tert-OH is 1. The van der Waals surface area contributed by atoms with Crippen molar-refractivity contribution in [2.75, 3.05) is 0 Å². The molecule has 0 aliphatic heterocycles. The summed E-state index contributed by atoms with van der Waals surface area (Å²) in [6.07, 6.45) is -1.10. The summed E-state index contributed by atoms with van der Waals surface area (Å²) >= 11 is 0. The maximum Gasteiger partial charge on any atom is 0.326 e. The number of benzene rings is 2. The van der Waals surface area contributed by atoms with Gasteiger partial charge in [0.2, 0.25) is 17.7 Å². The first kappa shape index (κ1) is 28.3. The fourth-order valence-corrected chi connectivity index (χ4v) is 3.29. The zero-order valence-electron chi connectivity index (χ0n) is 20.0. The molecule has 3 amide bonds. The molecule has 2 rings (SSSR count). The monoisotopic (exact) mass is 500 g/mol. The summed E-state index contributed by atoms with van der Waals surface area (Å²) in [5.74, 6) is -3.40. The van der Waals surface area contributed by atoms with Gasteiger partial charge in [0, 0.05) is 12.8 Å². The quantitative estimate of drug-likeness (QED) is 0.202. The van der Waals surface area contributed by atoms with Gasteiger partial charge in [-0.15, -0.1) is 0 Å². The third-order valence-corrected chi connectivity index (χ3v) is 5.48. The predicted molar refractivity (Wildman–Crippen MR) is 131 cm³/mol. The predicted octanol–water partition coefficient (Wildman–Crippen LogP) is -0.556. The van der Waals surface area contributed by atoms with Gasteiger partial charge in [-0.05, 0) is 37.1 Å². The summed E-state index contributed by atoms with van der Waals surface area (Å²) in [5, 5.41) is 35.9. The van der Waals surface area contributed by atoms with Gasteiger partial charge in [0.15, 0.2) is 0 Å². The maximum absolute atomic E-state index is 13.1. The van der Waals surface area contributed by atoms with E-state index in [1.54, 1.807) is 42.5 Å². The van der Waals surface area contributed by atoms with E-state index in [2.05, 4.69) is 16.0 Å². The van der Waals surface area contributed by atoms with E-state index in [-0.39, 0.29) is 18.6 Å². The fraction of sp³-hybridized carbons (Fsp3) is 0.360. The van der Waals surface area contributed by atoms with Gasteiger partial charge in [-0.2, -0.15) is 0 Å². The Hall–Kier alpha value is -3.96. The smallest absolute Gasteiger partial charge is 0.326 e. The second-order valence-corrected chi connectivity index (χ2v) is 8.52. The van der Waals surface area contributed by atoms with Crippen molar-refractivity contribution in [3.8, 4) is 5.75 Å². The Kier molecular flexibility index (Phi) is 10.4. The Morgan fingerprint density at radius 1 is 0.778 bits per heavy atom. The van der Waals surface area contributed by atoms with E-state index < -0.39 is 54.0 Å². The Labute approximate surface area is 208 Å². The Balaban J connectivity index is 2.15. The van der Waals surface area contributed by atoms with E-state index in [0.717, 1.165) is 5.56 Å². The largest absolute Gasteiger partial charge is 0.508 e.